The predicted octanol–water partition coefficient (Wildman–Crippen LogP) is 15.4. The molecule has 2 aliphatic rings. The topological polar surface area (TPSA) is 86.9 Å². The number of carbonyl (C=O) groups is 1. The number of esters is 1. The van der Waals surface area contributed by atoms with Gasteiger partial charge in [-0.05, 0) is 179 Å². The normalized spacial score (nSPS) is 11.9. The molecule has 2 aliphatic heterocycles. The van der Waals surface area contributed by atoms with Crippen molar-refractivity contribution in [3.8, 4) is 33.4 Å². The monoisotopic (exact) mass is 875 g/mol. The van der Waals surface area contributed by atoms with Gasteiger partial charge in [0.2, 0.25) is 0 Å². The molecule has 0 spiro atoms. The molecule has 0 amide bonds. The molecule has 3 aromatic heterocycles. The van der Waals surface area contributed by atoms with Crippen molar-refractivity contribution in [3.63, 3.8) is 0 Å². The van der Waals surface area contributed by atoms with Crippen molar-refractivity contribution < 1.29 is 9.53 Å². The number of benzene rings is 5. The molecule has 0 saturated carbocycles. The van der Waals surface area contributed by atoms with Crippen LogP contribution in [0.2, 0.25) is 0 Å². The first kappa shape index (κ1) is 42.9. The fourth-order valence-corrected chi connectivity index (χ4v) is 10.1. The summed E-state index contributed by atoms with van der Waals surface area (Å²) in [5, 5.41) is 0. The maximum Gasteiger partial charge on any atom is 0.337 e. The molecular formula is C60H53N5O2. The van der Waals surface area contributed by atoms with Crippen LogP contribution in [0, 0.1) is 55.4 Å². The molecule has 8 aromatic rings. The molecule has 0 unspecified atom stereocenters. The van der Waals surface area contributed by atoms with E-state index in [0.717, 1.165) is 118 Å². The van der Waals surface area contributed by atoms with Gasteiger partial charge in [-0.15, -0.1) is 0 Å². The molecule has 5 aromatic carbocycles. The van der Waals surface area contributed by atoms with E-state index in [1.54, 1.807) is 0 Å². The highest BCUT2D eigenvalue weighted by atomic mass is 16.5. The number of fused-ring (bicyclic) bond motifs is 8. The molecule has 7 nitrogen and oxygen atoms in total. The van der Waals surface area contributed by atoms with E-state index in [-0.39, 0.29) is 5.97 Å². The summed E-state index contributed by atoms with van der Waals surface area (Å²) in [6.45, 7) is 17.3. The lowest BCUT2D eigenvalue weighted by Crippen LogP contribution is -2.12. The van der Waals surface area contributed by atoms with Gasteiger partial charge in [-0.3, -0.25) is 0 Å². The first-order chi connectivity index (χ1) is 32.3. The summed E-state index contributed by atoms with van der Waals surface area (Å²) in [4.78, 5) is 34.0. The van der Waals surface area contributed by atoms with Gasteiger partial charge >= 0.3 is 5.97 Å². The zero-order valence-electron chi connectivity index (χ0n) is 39.5. The number of aromatic amines is 2. The van der Waals surface area contributed by atoms with Gasteiger partial charge in [0, 0.05) is 44.6 Å². The van der Waals surface area contributed by atoms with Gasteiger partial charge < -0.3 is 19.6 Å². The van der Waals surface area contributed by atoms with Crippen molar-refractivity contribution in [2.45, 2.75) is 55.4 Å². The largest absolute Gasteiger partial charge is 0.465 e. The summed E-state index contributed by atoms with van der Waals surface area (Å²) >= 11 is 0. The van der Waals surface area contributed by atoms with Gasteiger partial charge in [-0.1, -0.05) is 82.9 Å². The molecule has 0 fully saturated rings. The molecule has 5 heterocycles. The third kappa shape index (κ3) is 7.86. The van der Waals surface area contributed by atoms with Crippen molar-refractivity contribution in [1.29, 1.82) is 0 Å². The number of aromatic nitrogens is 4. The number of anilines is 3. The average Bonchev–Trinajstić information content (AvgIpc) is 4.15. The van der Waals surface area contributed by atoms with Crippen molar-refractivity contribution >= 4 is 69.4 Å². The van der Waals surface area contributed by atoms with Crippen LogP contribution in [-0.4, -0.2) is 33.0 Å². The fraction of sp³-hybridized carbons (Fsp3) is 0.150. The van der Waals surface area contributed by atoms with Gasteiger partial charge in [0.05, 0.1) is 46.7 Å². The van der Waals surface area contributed by atoms with E-state index in [1.165, 1.54) is 29.4 Å². The van der Waals surface area contributed by atoms with Gasteiger partial charge in [-0.2, -0.15) is 0 Å². The van der Waals surface area contributed by atoms with E-state index < -0.39 is 0 Å². The molecule has 8 bridgehead atoms. The second-order valence-electron chi connectivity index (χ2n) is 18.1. The number of nitrogens with one attached hydrogen (secondary N) is 2. The molecule has 10 rings (SSSR count). The summed E-state index contributed by atoms with van der Waals surface area (Å²) in [7, 11) is 1.40. The number of aryl methyl sites for hydroxylation is 8. The quantitative estimate of drug-likeness (QED) is 0.156. The Bertz CT molecular complexity index is 3380. The standard InChI is InChI=1S/C60H53N5O2/c1-34-10-18-44(19-11-34)65(45-20-12-35(2)13-21-45)59-52-28-26-50(63-52)57(54-38(5)30-36(3)31-39(54)6)48-24-22-46(61-48)56(42-14-16-43(17-15-42)60(66)67-9)47-23-25-49(62-47)58(51-27-29-53(59)64-51)55-40(7)32-37(4)33-41(55)8/h10-33,61,64H,1-9H3. The number of carbonyl (C=O) groups excluding carboxylic acids is 1. The summed E-state index contributed by atoms with van der Waals surface area (Å²) in [5.74, 6) is -0.385. The van der Waals surface area contributed by atoms with Gasteiger partial charge in [0.15, 0.2) is 0 Å². The Morgan fingerprint density at radius 2 is 0.821 bits per heavy atom. The second kappa shape index (κ2) is 17.1. The van der Waals surface area contributed by atoms with Crippen LogP contribution in [0.15, 0.2) is 121 Å². The molecule has 7 heteroatoms. The van der Waals surface area contributed by atoms with Crippen LogP contribution < -0.4 is 4.90 Å². The number of nitrogens with zero attached hydrogens (tertiary/aromatic N) is 3. The maximum absolute atomic E-state index is 12.6. The zero-order chi connectivity index (χ0) is 46.7. The first-order valence-electron chi connectivity index (χ1n) is 22.8. The summed E-state index contributed by atoms with van der Waals surface area (Å²) in [6.07, 6.45) is 8.56. The molecule has 330 valence electrons. The molecule has 0 saturated heterocycles. The van der Waals surface area contributed by atoms with Gasteiger partial charge in [-0.25, -0.2) is 14.8 Å². The van der Waals surface area contributed by atoms with E-state index >= 15 is 0 Å². The number of ether oxygens (including phenoxy) is 1. The second-order valence-corrected chi connectivity index (χ2v) is 18.1. The Morgan fingerprint density at radius 3 is 1.28 bits per heavy atom. The Labute approximate surface area is 392 Å². The SMILES string of the molecule is COC(=O)c1ccc(-c2c3nc(c(-c4c(C)cc(C)cc4C)c4ccc([nH]4)c(N(c4ccc(C)cc4)c4ccc(C)cc4)c4nc(c(-c5c(C)cc(C)cc5C)c5ccc2[nH]5)C=C4)C=C3)cc1. The lowest BCUT2D eigenvalue weighted by molar-refractivity contribution is 0.0600. The molecule has 2 N–H and O–H groups in total. The Kier molecular flexibility index (Phi) is 10.9. The smallest absolute Gasteiger partial charge is 0.337 e. The summed E-state index contributed by atoms with van der Waals surface area (Å²) < 4.78 is 5.08. The van der Waals surface area contributed by atoms with Crippen molar-refractivity contribution in [1.82, 2.24) is 19.9 Å². The molecule has 0 atom stereocenters. The zero-order valence-corrected chi connectivity index (χ0v) is 39.5. The fourth-order valence-electron chi connectivity index (χ4n) is 10.1. The number of H-pyrrole nitrogens is 2. The van der Waals surface area contributed by atoms with Crippen molar-refractivity contribution in [2.75, 3.05) is 12.0 Å². The Balaban J connectivity index is 1.41. The van der Waals surface area contributed by atoms with Gasteiger partial charge in [0.25, 0.3) is 0 Å². The number of hydrogen-bond donors (Lipinski definition) is 2. The highest BCUT2D eigenvalue weighted by Crippen LogP contribution is 2.44. The molecule has 0 aliphatic carbocycles. The Morgan fingerprint density at radius 1 is 0.433 bits per heavy atom. The lowest BCUT2D eigenvalue weighted by Gasteiger charge is -2.26. The summed E-state index contributed by atoms with van der Waals surface area (Å²) in [6, 6.07) is 42.7. The minimum atomic E-state index is -0.385. The van der Waals surface area contributed by atoms with Crippen LogP contribution in [-0.2, 0) is 4.74 Å². The third-order valence-corrected chi connectivity index (χ3v) is 13.0. The lowest BCUT2D eigenvalue weighted by atomic mass is 9.92. The van der Waals surface area contributed by atoms with Crippen molar-refractivity contribution in [3.05, 3.63) is 194 Å². The average molecular weight is 876 g/mol. The van der Waals surface area contributed by atoms with Crippen LogP contribution >= 0.6 is 0 Å². The van der Waals surface area contributed by atoms with Crippen LogP contribution in [0.1, 0.15) is 77.6 Å². The minimum Gasteiger partial charge on any atom is -0.465 e. The Hall–Kier alpha value is -8.03. The van der Waals surface area contributed by atoms with E-state index in [2.05, 4.69) is 192 Å². The number of rotatable bonds is 7. The first-order valence-corrected chi connectivity index (χ1v) is 22.8. The van der Waals surface area contributed by atoms with E-state index in [4.69, 9.17) is 14.7 Å². The number of hydrogen-bond acceptors (Lipinski definition) is 5. The highest BCUT2D eigenvalue weighted by Gasteiger charge is 2.24. The predicted molar refractivity (Wildman–Crippen MR) is 279 cm³/mol. The molecule has 0 radical (unpaired) electrons. The maximum atomic E-state index is 12.6. The van der Waals surface area contributed by atoms with Crippen LogP contribution in [0.3, 0.4) is 0 Å². The summed E-state index contributed by atoms with van der Waals surface area (Å²) in [5.41, 5.74) is 25.9. The van der Waals surface area contributed by atoms with E-state index in [1.807, 2.05) is 24.3 Å². The molecule has 67 heavy (non-hydrogen) atoms. The van der Waals surface area contributed by atoms with Crippen LogP contribution in [0.25, 0.3) is 79.8 Å². The van der Waals surface area contributed by atoms with Crippen molar-refractivity contribution in [2.24, 2.45) is 0 Å². The van der Waals surface area contributed by atoms with Gasteiger partial charge in [0.1, 0.15) is 0 Å². The van der Waals surface area contributed by atoms with Crippen LogP contribution in [0.4, 0.5) is 17.1 Å². The highest BCUT2D eigenvalue weighted by molar-refractivity contribution is 6.02. The number of methoxy groups -OCH3 is 1. The molecular weight excluding hydrogens is 823 g/mol. The minimum absolute atomic E-state index is 0.385. The van der Waals surface area contributed by atoms with E-state index in [9.17, 15) is 4.79 Å². The van der Waals surface area contributed by atoms with E-state index in [0.29, 0.717) is 5.56 Å². The van der Waals surface area contributed by atoms with Crippen LogP contribution in [0.5, 0.6) is 0 Å². The third-order valence-electron chi connectivity index (χ3n) is 13.0.